The van der Waals surface area contributed by atoms with Crippen LogP contribution in [0.3, 0.4) is 0 Å². The lowest BCUT2D eigenvalue weighted by Gasteiger charge is -2.16. The number of amides is 1. The molecule has 0 bridgehead atoms. The number of ether oxygens (including phenoxy) is 1. The molecular formula is C12H15F2NO3. The first-order valence-corrected chi connectivity index (χ1v) is 5.44. The van der Waals surface area contributed by atoms with Gasteiger partial charge in [0, 0.05) is 19.3 Å². The second kappa shape index (κ2) is 7.03. The van der Waals surface area contributed by atoms with Crippen molar-refractivity contribution in [3.63, 3.8) is 0 Å². The molecular weight excluding hydrogens is 244 g/mol. The normalized spacial score (nSPS) is 12.2. The van der Waals surface area contributed by atoms with Gasteiger partial charge in [-0.2, -0.15) is 0 Å². The van der Waals surface area contributed by atoms with Crippen molar-refractivity contribution < 1.29 is 23.4 Å². The molecule has 1 amide bonds. The van der Waals surface area contributed by atoms with Crippen LogP contribution in [-0.2, 0) is 4.74 Å². The second-order valence-electron chi connectivity index (χ2n) is 3.77. The Kier molecular flexibility index (Phi) is 5.67. The Morgan fingerprint density at radius 2 is 2.17 bits per heavy atom. The number of aliphatic hydroxyl groups is 1. The summed E-state index contributed by atoms with van der Waals surface area (Å²) in [5, 5.41) is 11.4. The van der Waals surface area contributed by atoms with E-state index in [0.29, 0.717) is 6.42 Å². The Bertz CT molecular complexity index is 406. The first-order valence-electron chi connectivity index (χ1n) is 5.44. The van der Waals surface area contributed by atoms with Gasteiger partial charge in [-0.1, -0.05) is 0 Å². The largest absolute Gasteiger partial charge is 0.396 e. The van der Waals surface area contributed by atoms with Crippen molar-refractivity contribution in [1.82, 2.24) is 5.32 Å². The molecule has 1 atom stereocenters. The first kappa shape index (κ1) is 14.5. The summed E-state index contributed by atoms with van der Waals surface area (Å²) in [4.78, 5) is 11.7. The molecule has 1 aromatic carbocycles. The lowest BCUT2D eigenvalue weighted by Crippen LogP contribution is -2.38. The van der Waals surface area contributed by atoms with Crippen LogP contribution in [0.1, 0.15) is 16.8 Å². The van der Waals surface area contributed by atoms with Gasteiger partial charge in [0.05, 0.1) is 12.6 Å². The van der Waals surface area contributed by atoms with Gasteiger partial charge in [-0.15, -0.1) is 0 Å². The number of nitrogens with one attached hydrogen (secondary N) is 1. The Balaban J connectivity index is 2.70. The molecule has 0 heterocycles. The van der Waals surface area contributed by atoms with E-state index in [1.165, 1.54) is 13.2 Å². The fraction of sp³-hybridized carbons (Fsp3) is 0.417. The SMILES string of the molecule is COCC(CCO)NC(=O)c1ccc(F)c(F)c1. The third kappa shape index (κ3) is 4.05. The standard InChI is InChI=1S/C12H15F2NO3/c1-18-7-9(4-5-16)15-12(17)8-2-3-10(13)11(14)6-8/h2-3,6,9,16H,4-5,7H2,1H3,(H,15,17). The van der Waals surface area contributed by atoms with Crippen LogP contribution in [0.15, 0.2) is 18.2 Å². The van der Waals surface area contributed by atoms with Crippen LogP contribution in [0, 0.1) is 11.6 Å². The van der Waals surface area contributed by atoms with Crippen molar-refractivity contribution in [2.45, 2.75) is 12.5 Å². The maximum atomic E-state index is 13.0. The summed E-state index contributed by atoms with van der Waals surface area (Å²) in [7, 11) is 1.47. The second-order valence-corrected chi connectivity index (χ2v) is 3.77. The molecule has 0 aliphatic carbocycles. The summed E-state index contributed by atoms with van der Waals surface area (Å²) < 4.78 is 30.5. The predicted molar refractivity (Wildman–Crippen MR) is 61.2 cm³/mol. The van der Waals surface area contributed by atoms with E-state index < -0.39 is 17.5 Å². The minimum Gasteiger partial charge on any atom is -0.396 e. The van der Waals surface area contributed by atoms with Gasteiger partial charge < -0.3 is 15.2 Å². The molecule has 1 aromatic rings. The molecule has 6 heteroatoms. The van der Waals surface area contributed by atoms with E-state index in [1.54, 1.807) is 0 Å². The molecule has 0 spiro atoms. The molecule has 0 aliphatic rings. The number of hydrogen-bond donors (Lipinski definition) is 2. The average Bonchev–Trinajstić information content (AvgIpc) is 2.33. The average molecular weight is 259 g/mol. The topological polar surface area (TPSA) is 58.6 Å². The number of aliphatic hydroxyl groups excluding tert-OH is 1. The minimum atomic E-state index is -1.08. The quantitative estimate of drug-likeness (QED) is 0.804. The highest BCUT2D eigenvalue weighted by molar-refractivity contribution is 5.94. The molecule has 0 radical (unpaired) electrons. The smallest absolute Gasteiger partial charge is 0.251 e. The highest BCUT2D eigenvalue weighted by atomic mass is 19.2. The van der Waals surface area contributed by atoms with Crippen molar-refractivity contribution in [2.24, 2.45) is 0 Å². The third-order valence-electron chi connectivity index (χ3n) is 2.36. The summed E-state index contributed by atoms with van der Waals surface area (Å²) in [5.41, 5.74) is 0.0212. The van der Waals surface area contributed by atoms with E-state index in [4.69, 9.17) is 9.84 Å². The van der Waals surface area contributed by atoms with Crippen LogP contribution in [0.25, 0.3) is 0 Å². The van der Waals surface area contributed by atoms with Gasteiger partial charge in [-0.25, -0.2) is 8.78 Å². The molecule has 0 saturated heterocycles. The van der Waals surface area contributed by atoms with Crippen molar-refractivity contribution in [2.75, 3.05) is 20.3 Å². The highest BCUT2D eigenvalue weighted by Crippen LogP contribution is 2.09. The number of carbonyl (C=O) groups excluding carboxylic acids is 1. The van der Waals surface area contributed by atoms with Crippen LogP contribution < -0.4 is 5.32 Å². The molecule has 0 fully saturated rings. The Morgan fingerprint density at radius 3 is 2.72 bits per heavy atom. The van der Waals surface area contributed by atoms with Crippen molar-refractivity contribution in [1.29, 1.82) is 0 Å². The number of methoxy groups -OCH3 is 1. The number of rotatable bonds is 6. The maximum absolute atomic E-state index is 13.0. The van der Waals surface area contributed by atoms with E-state index in [-0.39, 0.29) is 24.8 Å². The third-order valence-corrected chi connectivity index (χ3v) is 2.36. The van der Waals surface area contributed by atoms with E-state index >= 15 is 0 Å². The predicted octanol–water partition coefficient (Wildman–Crippen LogP) is 1.09. The summed E-state index contributed by atoms with van der Waals surface area (Å²) in [6.45, 7) is 0.127. The summed E-state index contributed by atoms with van der Waals surface area (Å²) in [5.74, 6) is -2.62. The lowest BCUT2D eigenvalue weighted by molar-refractivity contribution is 0.0878. The van der Waals surface area contributed by atoms with Gasteiger partial charge in [-0.05, 0) is 24.6 Å². The van der Waals surface area contributed by atoms with Crippen molar-refractivity contribution >= 4 is 5.91 Å². The summed E-state index contributed by atoms with van der Waals surface area (Å²) in [6, 6.07) is 2.53. The zero-order valence-corrected chi connectivity index (χ0v) is 9.95. The van der Waals surface area contributed by atoms with Crippen LogP contribution >= 0.6 is 0 Å². The maximum Gasteiger partial charge on any atom is 0.251 e. The molecule has 1 rings (SSSR count). The van der Waals surface area contributed by atoms with Crippen LogP contribution in [0.2, 0.25) is 0 Å². The number of halogens is 2. The zero-order chi connectivity index (χ0) is 13.5. The van der Waals surface area contributed by atoms with E-state index in [0.717, 1.165) is 12.1 Å². The molecule has 18 heavy (non-hydrogen) atoms. The van der Waals surface area contributed by atoms with Gasteiger partial charge in [0.25, 0.3) is 5.91 Å². The molecule has 0 saturated carbocycles. The monoisotopic (exact) mass is 259 g/mol. The van der Waals surface area contributed by atoms with Gasteiger partial charge in [0.15, 0.2) is 11.6 Å². The van der Waals surface area contributed by atoms with Gasteiger partial charge in [-0.3, -0.25) is 4.79 Å². The van der Waals surface area contributed by atoms with Gasteiger partial charge in [0.2, 0.25) is 0 Å². The van der Waals surface area contributed by atoms with Crippen molar-refractivity contribution in [3.05, 3.63) is 35.4 Å². The molecule has 1 unspecified atom stereocenters. The first-order chi connectivity index (χ1) is 8.58. The molecule has 0 aliphatic heterocycles. The van der Waals surface area contributed by atoms with Crippen LogP contribution in [0.4, 0.5) is 8.78 Å². The Labute approximate surface area is 104 Å². The minimum absolute atomic E-state index is 0.0212. The van der Waals surface area contributed by atoms with E-state index in [1.807, 2.05) is 0 Å². The van der Waals surface area contributed by atoms with Gasteiger partial charge in [0.1, 0.15) is 0 Å². The number of hydrogen-bond acceptors (Lipinski definition) is 3. The molecule has 2 N–H and O–H groups in total. The lowest BCUT2D eigenvalue weighted by atomic mass is 10.1. The van der Waals surface area contributed by atoms with Crippen molar-refractivity contribution in [3.8, 4) is 0 Å². The Morgan fingerprint density at radius 1 is 1.44 bits per heavy atom. The van der Waals surface area contributed by atoms with E-state index in [2.05, 4.69) is 5.32 Å². The number of benzene rings is 1. The van der Waals surface area contributed by atoms with E-state index in [9.17, 15) is 13.6 Å². The van der Waals surface area contributed by atoms with Crippen LogP contribution in [-0.4, -0.2) is 37.4 Å². The van der Waals surface area contributed by atoms with Crippen LogP contribution in [0.5, 0.6) is 0 Å². The summed E-state index contributed by atoms with van der Waals surface area (Å²) in [6.07, 6.45) is 0.323. The fourth-order valence-electron chi connectivity index (χ4n) is 1.46. The molecule has 0 aromatic heterocycles. The fourth-order valence-corrected chi connectivity index (χ4v) is 1.46. The number of carbonyl (C=O) groups is 1. The highest BCUT2D eigenvalue weighted by Gasteiger charge is 2.14. The molecule has 4 nitrogen and oxygen atoms in total. The summed E-state index contributed by atoms with van der Waals surface area (Å²) >= 11 is 0. The Hall–Kier alpha value is -1.53. The molecule has 100 valence electrons. The van der Waals surface area contributed by atoms with Gasteiger partial charge >= 0.3 is 0 Å². The zero-order valence-electron chi connectivity index (χ0n) is 9.95.